The summed E-state index contributed by atoms with van der Waals surface area (Å²) >= 11 is 5.74. The molecule has 0 aliphatic carbocycles. The Morgan fingerprint density at radius 2 is 2.13 bits per heavy atom. The highest BCUT2D eigenvalue weighted by Gasteiger charge is 2.34. The van der Waals surface area contributed by atoms with E-state index in [9.17, 15) is 28.1 Å². The van der Waals surface area contributed by atoms with Crippen molar-refractivity contribution in [3.05, 3.63) is 45.0 Å². The fraction of sp³-hybridized carbons (Fsp3) is 0.474. The molecule has 1 aromatic carbocycles. The van der Waals surface area contributed by atoms with Crippen LogP contribution in [0.25, 0.3) is 6.08 Å². The second-order valence-electron chi connectivity index (χ2n) is 6.91. The summed E-state index contributed by atoms with van der Waals surface area (Å²) in [5.41, 5.74) is 0.0792. The Kier molecular flexibility index (Phi) is 8.36. The molecule has 1 aliphatic rings. The number of hydrogen-bond donors (Lipinski definition) is 0. The molecule has 1 heterocycles. The molecule has 0 N–H and O–H groups in total. The van der Waals surface area contributed by atoms with E-state index < -0.39 is 39.3 Å². The largest absolute Gasteiger partial charge is 0.452 e. The molecule has 0 spiro atoms. The van der Waals surface area contributed by atoms with E-state index in [1.807, 2.05) is 6.92 Å². The zero-order valence-corrected chi connectivity index (χ0v) is 18.0. The number of sulfone groups is 1. The van der Waals surface area contributed by atoms with Crippen molar-refractivity contribution in [2.45, 2.75) is 32.2 Å². The lowest BCUT2D eigenvalue weighted by atomic mass is 10.2. The standard InChI is InChI=1S/C19H23ClN2O7S/c1-2-3-9-21(15-8-10-30(27,28)13-15)18(23)12-29-19(24)7-5-14-4-6-16(20)17(11-14)22(25)26/h4-7,11,15H,2-3,8-10,12-13H2,1H3/b7-5+. The normalized spacial score (nSPS) is 17.7. The summed E-state index contributed by atoms with van der Waals surface area (Å²) in [6, 6.07) is 3.65. The molecule has 30 heavy (non-hydrogen) atoms. The first kappa shape index (κ1) is 23.8. The summed E-state index contributed by atoms with van der Waals surface area (Å²) < 4.78 is 28.4. The maximum absolute atomic E-state index is 12.5. The highest BCUT2D eigenvalue weighted by molar-refractivity contribution is 7.91. The number of halogens is 1. The number of carbonyl (C=O) groups is 2. The maximum atomic E-state index is 12.5. The number of amides is 1. The van der Waals surface area contributed by atoms with Gasteiger partial charge in [-0.1, -0.05) is 31.0 Å². The first-order valence-corrected chi connectivity index (χ1v) is 11.6. The Morgan fingerprint density at radius 3 is 2.73 bits per heavy atom. The molecule has 0 bridgehead atoms. The van der Waals surface area contributed by atoms with Crippen molar-refractivity contribution >= 4 is 45.1 Å². The molecule has 1 atom stereocenters. The second kappa shape index (κ2) is 10.5. The highest BCUT2D eigenvalue weighted by Crippen LogP contribution is 2.25. The van der Waals surface area contributed by atoms with Crippen molar-refractivity contribution in [2.24, 2.45) is 0 Å². The van der Waals surface area contributed by atoms with Gasteiger partial charge in [0.15, 0.2) is 16.4 Å². The third-order valence-corrected chi connectivity index (χ3v) is 6.71. The van der Waals surface area contributed by atoms with Crippen LogP contribution in [-0.4, -0.2) is 60.8 Å². The van der Waals surface area contributed by atoms with Gasteiger partial charge in [0, 0.05) is 24.7 Å². The van der Waals surface area contributed by atoms with Crippen LogP contribution in [0.15, 0.2) is 24.3 Å². The zero-order chi connectivity index (χ0) is 22.3. The Bertz CT molecular complexity index is 946. The minimum Gasteiger partial charge on any atom is -0.452 e. The molecule has 1 amide bonds. The number of nitrogens with zero attached hydrogens (tertiary/aromatic N) is 2. The van der Waals surface area contributed by atoms with Gasteiger partial charge in [-0.3, -0.25) is 14.9 Å². The summed E-state index contributed by atoms with van der Waals surface area (Å²) in [6.07, 6.45) is 4.29. The van der Waals surface area contributed by atoms with Gasteiger partial charge in [0.25, 0.3) is 11.6 Å². The molecule has 2 rings (SSSR count). The molecule has 1 saturated heterocycles. The molecule has 11 heteroatoms. The third-order valence-electron chi connectivity index (χ3n) is 4.64. The van der Waals surface area contributed by atoms with Crippen molar-refractivity contribution in [1.29, 1.82) is 0 Å². The van der Waals surface area contributed by atoms with Crippen LogP contribution in [0.5, 0.6) is 0 Å². The molecule has 0 saturated carbocycles. The lowest BCUT2D eigenvalue weighted by Crippen LogP contribution is -2.43. The molecule has 1 fully saturated rings. The predicted octanol–water partition coefficient (Wildman–Crippen LogP) is 2.62. The first-order valence-electron chi connectivity index (χ1n) is 9.41. The van der Waals surface area contributed by atoms with E-state index in [-0.39, 0.29) is 22.2 Å². The van der Waals surface area contributed by atoms with Gasteiger partial charge in [-0.15, -0.1) is 0 Å². The van der Waals surface area contributed by atoms with E-state index >= 15 is 0 Å². The van der Waals surface area contributed by atoms with Crippen molar-refractivity contribution in [3.8, 4) is 0 Å². The second-order valence-corrected chi connectivity index (χ2v) is 9.54. The lowest BCUT2D eigenvalue weighted by Gasteiger charge is -2.28. The summed E-state index contributed by atoms with van der Waals surface area (Å²) in [5, 5.41) is 10.9. The maximum Gasteiger partial charge on any atom is 0.331 e. The molecule has 9 nitrogen and oxygen atoms in total. The summed E-state index contributed by atoms with van der Waals surface area (Å²) in [6.45, 7) is 1.85. The summed E-state index contributed by atoms with van der Waals surface area (Å²) in [5.74, 6) is -1.28. The van der Waals surface area contributed by atoms with E-state index in [1.54, 1.807) is 0 Å². The van der Waals surface area contributed by atoms with Crippen LogP contribution < -0.4 is 0 Å². The Hall–Kier alpha value is -2.46. The number of nitro benzene ring substituents is 1. The smallest absolute Gasteiger partial charge is 0.331 e. The molecule has 1 unspecified atom stereocenters. The van der Waals surface area contributed by atoms with Crippen LogP contribution in [-0.2, 0) is 24.2 Å². The number of benzene rings is 1. The first-order chi connectivity index (χ1) is 14.1. The SMILES string of the molecule is CCCCN(C(=O)COC(=O)/C=C/c1ccc(Cl)c([N+](=O)[O-])c1)C1CCS(=O)(=O)C1. The summed E-state index contributed by atoms with van der Waals surface area (Å²) in [4.78, 5) is 36.2. The van der Waals surface area contributed by atoms with Crippen LogP contribution in [0.4, 0.5) is 5.69 Å². The fourth-order valence-electron chi connectivity index (χ4n) is 3.06. The molecule has 0 radical (unpaired) electrons. The van der Waals surface area contributed by atoms with E-state index in [0.29, 0.717) is 24.9 Å². The molecular weight excluding hydrogens is 436 g/mol. The van der Waals surface area contributed by atoms with Gasteiger partial charge in [0.05, 0.1) is 16.4 Å². The van der Waals surface area contributed by atoms with E-state index in [2.05, 4.69) is 0 Å². The zero-order valence-electron chi connectivity index (χ0n) is 16.5. The van der Waals surface area contributed by atoms with Gasteiger partial charge in [0.1, 0.15) is 5.02 Å². The number of carbonyl (C=O) groups excluding carboxylic acids is 2. The molecular formula is C19H23ClN2O7S. The highest BCUT2D eigenvalue weighted by atomic mass is 35.5. The average Bonchev–Trinajstić information content (AvgIpc) is 3.05. The Morgan fingerprint density at radius 1 is 1.40 bits per heavy atom. The van der Waals surface area contributed by atoms with Crippen LogP contribution in [0, 0.1) is 10.1 Å². The van der Waals surface area contributed by atoms with Crippen molar-refractivity contribution in [1.82, 2.24) is 4.90 Å². The van der Waals surface area contributed by atoms with E-state index in [4.69, 9.17) is 16.3 Å². The molecule has 1 aliphatic heterocycles. The van der Waals surface area contributed by atoms with Crippen molar-refractivity contribution in [2.75, 3.05) is 24.7 Å². The van der Waals surface area contributed by atoms with Crippen LogP contribution in [0.3, 0.4) is 0 Å². The number of rotatable bonds is 9. The number of esters is 1. The molecule has 0 aromatic heterocycles. The quantitative estimate of drug-likeness (QED) is 0.241. The third kappa shape index (κ3) is 6.81. The van der Waals surface area contributed by atoms with Crippen LogP contribution in [0.2, 0.25) is 5.02 Å². The van der Waals surface area contributed by atoms with Crippen LogP contribution in [0.1, 0.15) is 31.7 Å². The van der Waals surface area contributed by atoms with Gasteiger partial charge in [0.2, 0.25) is 0 Å². The van der Waals surface area contributed by atoms with Gasteiger partial charge in [-0.25, -0.2) is 13.2 Å². The van der Waals surface area contributed by atoms with Crippen molar-refractivity contribution in [3.63, 3.8) is 0 Å². The number of unbranched alkanes of at least 4 members (excludes halogenated alkanes) is 1. The van der Waals surface area contributed by atoms with E-state index in [0.717, 1.165) is 12.5 Å². The number of ether oxygens (including phenoxy) is 1. The monoisotopic (exact) mass is 458 g/mol. The van der Waals surface area contributed by atoms with Crippen molar-refractivity contribution < 1.29 is 27.7 Å². The predicted molar refractivity (Wildman–Crippen MR) is 112 cm³/mol. The minimum atomic E-state index is -3.15. The Balaban J connectivity index is 1.96. The minimum absolute atomic E-state index is 0.0218. The molecule has 164 valence electrons. The van der Waals surface area contributed by atoms with Gasteiger partial charge in [-0.05, 0) is 30.5 Å². The van der Waals surface area contributed by atoms with Gasteiger partial charge >= 0.3 is 5.97 Å². The Labute approximate surface area is 179 Å². The average molecular weight is 459 g/mol. The number of nitro groups is 1. The van der Waals surface area contributed by atoms with E-state index in [1.165, 1.54) is 29.2 Å². The number of hydrogen-bond acceptors (Lipinski definition) is 7. The van der Waals surface area contributed by atoms with Gasteiger partial charge < -0.3 is 9.64 Å². The fourth-order valence-corrected chi connectivity index (χ4v) is 4.98. The lowest BCUT2D eigenvalue weighted by molar-refractivity contribution is -0.384. The van der Waals surface area contributed by atoms with Crippen LogP contribution >= 0.6 is 11.6 Å². The van der Waals surface area contributed by atoms with Gasteiger partial charge in [-0.2, -0.15) is 0 Å². The topological polar surface area (TPSA) is 124 Å². The summed E-state index contributed by atoms with van der Waals surface area (Å²) in [7, 11) is -3.15. The molecule has 1 aromatic rings.